The summed E-state index contributed by atoms with van der Waals surface area (Å²) in [4.78, 5) is 39.1. The van der Waals surface area contributed by atoms with Gasteiger partial charge in [0.25, 0.3) is 0 Å². The summed E-state index contributed by atoms with van der Waals surface area (Å²) in [6.45, 7) is 0. The highest BCUT2D eigenvalue weighted by molar-refractivity contribution is 6.16. The average molecular weight is 468 g/mol. The molecule has 178 valence electrons. The fourth-order valence-corrected chi connectivity index (χ4v) is 3.96. The topological polar surface area (TPSA) is 118 Å². The Labute approximate surface area is 196 Å². The Morgan fingerprint density at radius 3 is 1.79 bits per heavy atom. The van der Waals surface area contributed by atoms with Crippen molar-refractivity contribution >= 4 is 23.7 Å². The van der Waals surface area contributed by atoms with E-state index < -0.39 is 40.7 Å². The molecule has 1 aliphatic carbocycles. The molecule has 0 unspecified atom stereocenters. The van der Waals surface area contributed by atoms with Gasteiger partial charge < -0.3 is 28.8 Å². The maximum Gasteiger partial charge on any atom is 0.342 e. The molecule has 34 heavy (non-hydrogen) atoms. The van der Waals surface area contributed by atoms with E-state index >= 15 is 0 Å². The Hall–Kier alpha value is -4.27. The number of carbonyl (C=O) groups is 3. The lowest BCUT2D eigenvalue weighted by atomic mass is 9.81. The molecule has 2 aromatic carbocycles. The van der Waals surface area contributed by atoms with Gasteiger partial charge in [-0.15, -0.1) is 0 Å². The maximum absolute atomic E-state index is 13.2. The second-order valence-electron chi connectivity index (χ2n) is 7.13. The van der Waals surface area contributed by atoms with Gasteiger partial charge in [0.15, 0.2) is 11.5 Å². The van der Waals surface area contributed by atoms with Crippen LogP contribution in [0.5, 0.6) is 11.5 Å². The van der Waals surface area contributed by atoms with Gasteiger partial charge in [0.2, 0.25) is 0 Å². The number of carbonyl (C=O) groups excluding carboxylic acids is 3. The zero-order chi connectivity index (χ0) is 25.0. The number of hydrogen-bond donors (Lipinski definition) is 1. The van der Waals surface area contributed by atoms with Crippen molar-refractivity contribution in [2.75, 3.05) is 35.5 Å². The molecule has 0 aromatic heterocycles. The normalized spacial score (nSPS) is 15.1. The van der Waals surface area contributed by atoms with E-state index in [1.54, 1.807) is 36.4 Å². The number of rotatable bonds is 6. The standard InChI is InChI=1S/C25H24O9/c1-30-16-11-14-15(12-17(16)31-2)22(26)21(25(29)34-5)20(24(28)33-4)19(23(27)32-3)18(14)13-9-7-6-8-10-13/h6-12,18,26H,1-5H3/t18-/m0/s1. The van der Waals surface area contributed by atoms with Crippen LogP contribution in [0.1, 0.15) is 22.6 Å². The molecule has 0 heterocycles. The molecule has 0 amide bonds. The van der Waals surface area contributed by atoms with Crippen LogP contribution >= 0.6 is 0 Å². The van der Waals surface area contributed by atoms with Gasteiger partial charge in [-0.05, 0) is 23.3 Å². The minimum Gasteiger partial charge on any atom is -0.506 e. The first kappa shape index (κ1) is 24.4. The molecule has 0 fully saturated rings. The number of hydrogen-bond acceptors (Lipinski definition) is 9. The maximum atomic E-state index is 13.2. The Morgan fingerprint density at radius 1 is 0.735 bits per heavy atom. The number of ether oxygens (including phenoxy) is 5. The van der Waals surface area contributed by atoms with E-state index in [0.29, 0.717) is 16.9 Å². The van der Waals surface area contributed by atoms with E-state index in [2.05, 4.69) is 0 Å². The van der Waals surface area contributed by atoms with Crippen LogP contribution < -0.4 is 9.47 Å². The fourth-order valence-electron chi connectivity index (χ4n) is 3.96. The van der Waals surface area contributed by atoms with Crippen molar-refractivity contribution in [3.63, 3.8) is 0 Å². The van der Waals surface area contributed by atoms with Crippen molar-refractivity contribution in [2.45, 2.75) is 5.92 Å². The minimum absolute atomic E-state index is 0.132. The summed E-state index contributed by atoms with van der Waals surface area (Å²) in [5, 5.41) is 11.3. The number of benzene rings is 2. The van der Waals surface area contributed by atoms with Gasteiger partial charge in [0, 0.05) is 11.5 Å². The van der Waals surface area contributed by atoms with Crippen molar-refractivity contribution in [1.82, 2.24) is 0 Å². The lowest BCUT2D eigenvalue weighted by Gasteiger charge is -2.23. The molecule has 9 nitrogen and oxygen atoms in total. The first-order valence-electron chi connectivity index (χ1n) is 10.1. The second-order valence-corrected chi connectivity index (χ2v) is 7.13. The number of esters is 3. The first-order valence-corrected chi connectivity index (χ1v) is 10.1. The number of fused-ring (bicyclic) bond motifs is 1. The van der Waals surface area contributed by atoms with Crippen LogP contribution in [0.4, 0.5) is 0 Å². The molecule has 0 aliphatic heterocycles. The van der Waals surface area contributed by atoms with Crippen molar-refractivity contribution in [2.24, 2.45) is 0 Å². The molecular formula is C25H24O9. The number of aliphatic hydroxyl groups excluding tert-OH is 1. The Morgan fingerprint density at radius 2 is 1.26 bits per heavy atom. The van der Waals surface area contributed by atoms with E-state index in [0.717, 1.165) is 21.3 Å². The van der Waals surface area contributed by atoms with Gasteiger partial charge in [0.05, 0.1) is 46.7 Å². The van der Waals surface area contributed by atoms with Gasteiger partial charge in [-0.3, -0.25) is 0 Å². The predicted molar refractivity (Wildman–Crippen MR) is 120 cm³/mol. The summed E-state index contributed by atoms with van der Waals surface area (Å²) >= 11 is 0. The van der Waals surface area contributed by atoms with E-state index in [-0.39, 0.29) is 16.9 Å². The molecular weight excluding hydrogens is 444 g/mol. The van der Waals surface area contributed by atoms with Crippen molar-refractivity contribution in [3.8, 4) is 11.5 Å². The summed E-state index contributed by atoms with van der Waals surface area (Å²) in [5.74, 6) is -3.96. The highest BCUT2D eigenvalue weighted by atomic mass is 16.5. The van der Waals surface area contributed by atoms with Crippen molar-refractivity contribution < 1.29 is 43.2 Å². The van der Waals surface area contributed by atoms with E-state index in [9.17, 15) is 19.5 Å². The molecule has 2 aromatic rings. The Bertz CT molecular complexity index is 1190. The number of methoxy groups -OCH3 is 5. The van der Waals surface area contributed by atoms with E-state index in [4.69, 9.17) is 23.7 Å². The van der Waals surface area contributed by atoms with E-state index in [1.807, 2.05) is 0 Å². The molecule has 1 atom stereocenters. The molecule has 0 bridgehead atoms. The van der Waals surface area contributed by atoms with Gasteiger partial charge in [-0.25, -0.2) is 14.4 Å². The molecule has 1 N–H and O–H groups in total. The third kappa shape index (κ3) is 4.07. The molecule has 3 rings (SSSR count). The molecule has 9 heteroatoms. The number of aliphatic hydroxyl groups is 1. The van der Waals surface area contributed by atoms with Crippen molar-refractivity contribution in [1.29, 1.82) is 0 Å². The highest BCUT2D eigenvalue weighted by Crippen LogP contribution is 2.47. The average Bonchev–Trinajstić information content (AvgIpc) is 2.99. The lowest BCUT2D eigenvalue weighted by Crippen LogP contribution is -2.23. The monoisotopic (exact) mass is 468 g/mol. The van der Waals surface area contributed by atoms with Crippen LogP contribution in [0.15, 0.2) is 59.2 Å². The third-order valence-electron chi connectivity index (χ3n) is 5.48. The summed E-state index contributed by atoms with van der Waals surface area (Å²) < 4.78 is 25.6. The van der Waals surface area contributed by atoms with Crippen LogP contribution in [0.2, 0.25) is 0 Å². The highest BCUT2D eigenvalue weighted by Gasteiger charge is 2.42. The van der Waals surface area contributed by atoms with Gasteiger partial charge in [-0.1, -0.05) is 30.3 Å². The predicted octanol–water partition coefficient (Wildman–Crippen LogP) is 2.93. The minimum atomic E-state index is -1.05. The van der Waals surface area contributed by atoms with Crippen LogP contribution in [-0.4, -0.2) is 58.6 Å². The largest absolute Gasteiger partial charge is 0.506 e. The summed E-state index contributed by atoms with van der Waals surface area (Å²) in [5.41, 5.74) is -0.146. The fraction of sp³-hybridized carbons (Fsp3) is 0.240. The lowest BCUT2D eigenvalue weighted by molar-refractivity contribution is -0.140. The zero-order valence-electron chi connectivity index (χ0n) is 19.3. The Kier molecular flexibility index (Phi) is 7.25. The first-order chi connectivity index (χ1) is 16.3. The smallest absolute Gasteiger partial charge is 0.342 e. The van der Waals surface area contributed by atoms with Crippen LogP contribution in [-0.2, 0) is 28.6 Å². The van der Waals surface area contributed by atoms with Gasteiger partial charge in [0.1, 0.15) is 11.3 Å². The quantitative estimate of drug-likeness (QED) is 0.504. The second kappa shape index (κ2) is 10.1. The van der Waals surface area contributed by atoms with Crippen LogP contribution in [0.25, 0.3) is 5.76 Å². The zero-order valence-corrected chi connectivity index (χ0v) is 19.3. The van der Waals surface area contributed by atoms with Crippen LogP contribution in [0, 0.1) is 0 Å². The molecule has 0 saturated heterocycles. The van der Waals surface area contributed by atoms with Crippen molar-refractivity contribution in [3.05, 3.63) is 75.9 Å². The van der Waals surface area contributed by atoms with Crippen LogP contribution in [0.3, 0.4) is 0 Å². The molecule has 0 saturated carbocycles. The van der Waals surface area contributed by atoms with Gasteiger partial charge >= 0.3 is 17.9 Å². The third-order valence-corrected chi connectivity index (χ3v) is 5.48. The Balaban J connectivity index is 2.62. The van der Waals surface area contributed by atoms with Gasteiger partial charge in [-0.2, -0.15) is 0 Å². The molecule has 0 radical (unpaired) electrons. The molecule has 1 aliphatic rings. The summed E-state index contributed by atoms with van der Waals surface area (Å²) in [6, 6.07) is 11.8. The molecule has 0 spiro atoms. The SMILES string of the molecule is COC(=O)C1=C(O)c2cc(OC)c(OC)cc2[C@H](c2ccccc2)C(C(=O)OC)=C1C(=O)OC. The summed E-state index contributed by atoms with van der Waals surface area (Å²) in [6.07, 6.45) is 0. The summed E-state index contributed by atoms with van der Waals surface area (Å²) in [7, 11) is 6.18. The van der Waals surface area contributed by atoms with E-state index in [1.165, 1.54) is 20.3 Å².